The summed E-state index contributed by atoms with van der Waals surface area (Å²) in [6, 6.07) is 11.7. The quantitative estimate of drug-likeness (QED) is 0.800. The van der Waals surface area contributed by atoms with Crippen LogP contribution in [0.15, 0.2) is 36.7 Å². The number of nitrogens with one attached hydrogen (secondary N) is 1. The van der Waals surface area contributed by atoms with Gasteiger partial charge in [-0.05, 0) is 50.3 Å². The molecule has 1 aromatic heterocycles. The number of halogens is 2. The highest BCUT2D eigenvalue weighted by atomic mass is 35.5. The minimum Gasteiger partial charge on any atom is -0.371 e. The van der Waals surface area contributed by atoms with Gasteiger partial charge >= 0.3 is 0 Å². The molecule has 2 aliphatic rings. The highest BCUT2D eigenvalue weighted by molar-refractivity contribution is 5.85. The van der Waals surface area contributed by atoms with Crippen LogP contribution in [0.25, 0.3) is 0 Å². The summed E-state index contributed by atoms with van der Waals surface area (Å²) in [5.41, 5.74) is 9.69. The standard InChI is InChI=1S/C20H27N5.2ClH/c1-14-3-2-4-18(9-14)25-7-5-17(6-8-25)24-20-12-19(22-13-23-20)15-10-16(21)11-15;;/h2-4,9,12-13,15-17H,5-8,10-11,21H2,1H3,(H,22,23,24);2*1H. The van der Waals surface area contributed by atoms with Crippen molar-refractivity contribution >= 4 is 36.3 Å². The van der Waals surface area contributed by atoms with Crippen molar-refractivity contribution in [1.29, 1.82) is 0 Å². The molecule has 0 amide bonds. The third kappa shape index (κ3) is 5.24. The number of nitrogens with zero attached hydrogens (tertiary/aromatic N) is 3. The molecule has 0 spiro atoms. The van der Waals surface area contributed by atoms with E-state index in [1.165, 1.54) is 11.3 Å². The Labute approximate surface area is 174 Å². The average Bonchev–Trinajstić information content (AvgIpc) is 2.60. The molecule has 1 aliphatic heterocycles. The summed E-state index contributed by atoms with van der Waals surface area (Å²) in [7, 11) is 0. The fourth-order valence-electron chi connectivity index (χ4n) is 3.89. The molecule has 2 aromatic rings. The molecule has 4 rings (SSSR count). The van der Waals surface area contributed by atoms with Crippen LogP contribution in [-0.4, -0.2) is 35.1 Å². The first-order chi connectivity index (χ1) is 12.2. The minimum absolute atomic E-state index is 0. The van der Waals surface area contributed by atoms with Gasteiger partial charge in [-0.3, -0.25) is 0 Å². The number of piperidine rings is 1. The number of benzene rings is 1. The Morgan fingerprint density at radius 2 is 1.81 bits per heavy atom. The van der Waals surface area contributed by atoms with Crippen LogP contribution in [0.1, 0.15) is 42.9 Å². The molecule has 1 saturated heterocycles. The molecule has 1 saturated carbocycles. The normalized spacial score (nSPS) is 22.2. The Morgan fingerprint density at radius 1 is 1.07 bits per heavy atom. The molecule has 0 atom stereocenters. The monoisotopic (exact) mass is 409 g/mol. The van der Waals surface area contributed by atoms with Crippen molar-refractivity contribution in [3.63, 3.8) is 0 Å². The fraction of sp³-hybridized carbons (Fsp3) is 0.500. The summed E-state index contributed by atoms with van der Waals surface area (Å²) in [5.74, 6) is 1.47. The van der Waals surface area contributed by atoms with Crippen molar-refractivity contribution in [2.45, 2.75) is 50.6 Å². The summed E-state index contributed by atoms with van der Waals surface area (Å²) < 4.78 is 0. The lowest BCUT2D eigenvalue weighted by Crippen LogP contribution is -2.39. The molecule has 3 N–H and O–H groups in total. The van der Waals surface area contributed by atoms with E-state index in [2.05, 4.69) is 57.4 Å². The number of hydrogen-bond acceptors (Lipinski definition) is 5. The number of aromatic nitrogens is 2. The van der Waals surface area contributed by atoms with Gasteiger partial charge in [0, 0.05) is 48.5 Å². The molecule has 0 unspecified atom stereocenters. The Hall–Kier alpha value is -1.56. The van der Waals surface area contributed by atoms with E-state index in [0.29, 0.717) is 18.0 Å². The molecule has 5 nitrogen and oxygen atoms in total. The van der Waals surface area contributed by atoms with E-state index >= 15 is 0 Å². The van der Waals surface area contributed by atoms with E-state index in [1.807, 2.05) is 0 Å². The van der Waals surface area contributed by atoms with E-state index < -0.39 is 0 Å². The smallest absolute Gasteiger partial charge is 0.129 e. The van der Waals surface area contributed by atoms with Crippen LogP contribution in [-0.2, 0) is 0 Å². The fourth-order valence-corrected chi connectivity index (χ4v) is 3.89. The second-order valence-electron chi connectivity index (χ2n) is 7.50. The zero-order valence-corrected chi connectivity index (χ0v) is 17.3. The van der Waals surface area contributed by atoms with Gasteiger partial charge < -0.3 is 16.0 Å². The van der Waals surface area contributed by atoms with Crippen LogP contribution in [0.4, 0.5) is 11.5 Å². The Kier molecular flexibility index (Phi) is 7.71. The predicted octanol–water partition coefficient (Wildman–Crippen LogP) is 3.91. The van der Waals surface area contributed by atoms with E-state index in [1.54, 1.807) is 6.33 Å². The van der Waals surface area contributed by atoms with Crippen LogP contribution in [0.2, 0.25) is 0 Å². The van der Waals surface area contributed by atoms with Crippen molar-refractivity contribution in [3.8, 4) is 0 Å². The second-order valence-corrected chi connectivity index (χ2v) is 7.50. The Balaban J connectivity index is 0.00000131. The summed E-state index contributed by atoms with van der Waals surface area (Å²) >= 11 is 0. The molecule has 148 valence electrons. The van der Waals surface area contributed by atoms with Gasteiger partial charge in [-0.1, -0.05) is 12.1 Å². The maximum absolute atomic E-state index is 5.90. The van der Waals surface area contributed by atoms with Crippen molar-refractivity contribution in [3.05, 3.63) is 47.9 Å². The summed E-state index contributed by atoms with van der Waals surface area (Å²) in [6.45, 7) is 4.31. The van der Waals surface area contributed by atoms with Crippen LogP contribution in [0.5, 0.6) is 0 Å². The van der Waals surface area contributed by atoms with Crippen LogP contribution in [0, 0.1) is 6.92 Å². The number of anilines is 2. The van der Waals surface area contributed by atoms with Crippen molar-refractivity contribution in [2.75, 3.05) is 23.3 Å². The molecule has 2 fully saturated rings. The minimum atomic E-state index is 0. The first kappa shape index (κ1) is 21.7. The lowest BCUT2D eigenvalue weighted by atomic mass is 9.78. The maximum Gasteiger partial charge on any atom is 0.129 e. The first-order valence-electron chi connectivity index (χ1n) is 9.33. The van der Waals surface area contributed by atoms with Gasteiger partial charge in [-0.15, -0.1) is 24.8 Å². The van der Waals surface area contributed by atoms with Gasteiger partial charge in [-0.25, -0.2) is 9.97 Å². The number of aryl methyl sites for hydroxylation is 1. The zero-order valence-electron chi connectivity index (χ0n) is 15.7. The highest BCUT2D eigenvalue weighted by Crippen LogP contribution is 2.35. The third-order valence-electron chi connectivity index (χ3n) is 5.49. The van der Waals surface area contributed by atoms with Crippen molar-refractivity contribution in [1.82, 2.24) is 9.97 Å². The van der Waals surface area contributed by atoms with E-state index in [4.69, 9.17) is 5.73 Å². The van der Waals surface area contributed by atoms with Gasteiger partial charge in [0.2, 0.25) is 0 Å². The Morgan fingerprint density at radius 3 is 2.48 bits per heavy atom. The van der Waals surface area contributed by atoms with Gasteiger partial charge in [0.25, 0.3) is 0 Å². The molecular weight excluding hydrogens is 381 g/mol. The van der Waals surface area contributed by atoms with E-state index in [9.17, 15) is 0 Å². The van der Waals surface area contributed by atoms with Gasteiger partial charge in [0.1, 0.15) is 12.1 Å². The number of rotatable bonds is 4. The molecule has 27 heavy (non-hydrogen) atoms. The number of hydrogen-bond donors (Lipinski definition) is 2. The van der Waals surface area contributed by atoms with Gasteiger partial charge in [0.05, 0.1) is 0 Å². The molecule has 1 aliphatic carbocycles. The molecule has 0 radical (unpaired) electrons. The van der Waals surface area contributed by atoms with Crippen LogP contribution < -0.4 is 16.0 Å². The SMILES string of the molecule is Cc1cccc(N2CCC(Nc3cc(C4CC(N)C4)ncn3)CC2)c1.Cl.Cl. The molecule has 1 aromatic carbocycles. The predicted molar refractivity (Wildman–Crippen MR) is 117 cm³/mol. The molecular formula is C20H29Cl2N5. The highest BCUT2D eigenvalue weighted by Gasteiger charge is 2.29. The number of nitrogens with two attached hydrogens (primary N) is 1. The lowest BCUT2D eigenvalue weighted by Gasteiger charge is -2.35. The second kappa shape index (κ2) is 9.58. The van der Waals surface area contributed by atoms with E-state index in [0.717, 1.165) is 50.3 Å². The maximum atomic E-state index is 5.90. The molecule has 7 heteroatoms. The zero-order chi connectivity index (χ0) is 17.2. The van der Waals surface area contributed by atoms with Crippen molar-refractivity contribution < 1.29 is 0 Å². The third-order valence-corrected chi connectivity index (χ3v) is 5.49. The van der Waals surface area contributed by atoms with Crippen LogP contribution >= 0.6 is 24.8 Å². The van der Waals surface area contributed by atoms with Crippen LogP contribution in [0.3, 0.4) is 0 Å². The summed E-state index contributed by atoms with van der Waals surface area (Å²) in [6.07, 6.45) is 6.03. The first-order valence-corrected chi connectivity index (χ1v) is 9.33. The topological polar surface area (TPSA) is 67.1 Å². The largest absolute Gasteiger partial charge is 0.371 e. The summed E-state index contributed by atoms with van der Waals surface area (Å²) in [4.78, 5) is 11.3. The average molecular weight is 410 g/mol. The van der Waals surface area contributed by atoms with Crippen molar-refractivity contribution in [2.24, 2.45) is 5.73 Å². The lowest BCUT2D eigenvalue weighted by molar-refractivity contribution is 0.345. The van der Waals surface area contributed by atoms with Gasteiger partial charge in [-0.2, -0.15) is 0 Å². The molecule has 0 bridgehead atoms. The van der Waals surface area contributed by atoms with E-state index in [-0.39, 0.29) is 24.8 Å². The van der Waals surface area contributed by atoms with Gasteiger partial charge in [0.15, 0.2) is 0 Å². The summed E-state index contributed by atoms with van der Waals surface area (Å²) in [5, 5.41) is 3.61. The Bertz CT molecular complexity index is 728. The molecule has 2 heterocycles.